The summed E-state index contributed by atoms with van der Waals surface area (Å²) in [7, 11) is 0. The fourth-order valence-electron chi connectivity index (χ4n) is 2.47. The molecule has 0 unspecified atom stereocenters. The molecule has 0 saturated carbocycles. The normalized spacial score (nSPS) is 10.4. The second-order valence-corrected chi connectivity index (χ2v) is 7.72. The fourth-order valence-corrected chi connectivity index (χ4v) is 4.09. The number of carbonyl (C=O) groups is 2. The maximum absolute atomic E-state index is 12.7. The first-order valence-corrected chi connectivity index (χ1v) is 11.0. The summed E-state index contributed by atoms with van der Waals surface area (Å²) >= 11 is 3.14. The highest BCUT2D eigenvalue weighted by atomic mass is 32.2. The zero-order valence-electron chi connectivity index (χ0n) is 15.9. The standard InChI is InChI=1S/C21H21N3O3S2/c1-2-22-20(25)11-27-17-9-7-15(8-10-17)24-21(26)18-5-3-4-6-19(18)29-13-16-12-28-14-23-16/h3-10,12,14H,2,11,13H2,1H3,(H,22,25)(H,24,26). The number of benzene rings is 2. The highest BCUT2D eigenvalue weighted by Crippen LogP contribution is 2.27. The number of carbonyl (C=O) groups excluding carboxylic acids is 2. The van der Waals surface area contributed by atoms with Crippen molar-refractivity contribution in [2.75, 3.05) is 18.5 Å². The van der Waals surface area contributed by atoms with Crippen molar-refractivity contribution in [1.82, 2.24) is 10.3 Å². The number of nitrogens with zero attached hydrogens (tertiary/aromatic N) is 1. The van der Waals surface area contributed by atoms with Gasteiger partial charge >= 0.3 is 0 Å². The van der Waals surface area contributed by atoms with Gasteiger partial charge in [-0.2, -0.15) is 0 Å². The number of nitrogens with one attached hydrogen (secondary N) is 2. The largest absolute Gasteiger partial charge is 0.484 e. The van der Waals surface area contributed by atoms with Gasteiger partial charge in [0.25, 0.3) is 11.8 Å². The van der Waals surface area contributed by atoms with E-state index < -0.39 is 0 Å². The van der Waals surface area contributed by atoms with Crippen molar-refractivity contribution in [3.05, 3.63) is 70.7 Å². The first-order valence-electron chi connectivity index (χ1n) is 9.05. The summed E-state index contributed by atoms with van der Waals surface area (Å²) in [6.07, 6.45) is 0. The number of thioether (sulfide) groups is 1. The zero-order valence-corrected chi connectivity index (χ0v) is 17.5. The van der Waals surface area contributed by atoms with Crippen LogP contribution in [0.15, 0.2) is 64.3 Å². The summed E-state index contributed by atoms with van der Waals surface area (Å²) in [6, 6.07) is 14.4. The molecule has 0 spiro atoms. The van der Waals surface area contributed by atoms with Crippen LogP contribution in [0.5, 0.6) is 5.75 Å². The van der Waals surface area contributed by atoms with E-state index in [9.17, 15) is 9.59 Å². The number of aromatic nitrogens is 1. The van der Waals surface area contributed by atoms with Gasteiger partial charge in [-0.1, -0.05) is 12.1 Å². The molecule has 0 saturated heterocycles. The number of amides is 2. The molecule has 3 rings (SSSR count). The Bertz CT molecular complexity index is 944. The second-order valence-electron chi connectivity index (χ2n) is 5.99. The minimum Gasteiger partial charge on any atom is -0.484 e. The number of ether oxygens (including phenoxy) is 1. The van der Waals surface area contributed by atoms with Gasteiger partial charge in [0.15, 0.2) is 6.61 Å². The molecule has 2 amide bonds. The van der Waals surface area contributed by atoms with Gasteiger partial charge in [0.05, 0.1) is 16.8 Å². The summed E-state index contributed by atoms with van der Waals surface area (Å²) in [5.74, 6) is 0.929. The summed E-state index contributed by atoms with van der Waals surface area (Å²) in [5, 5.41) is 7.58. The van der Waals surface area contributed by atoms with Gasteiger partial charge in [0.2, 0.25) is 0 Å². The Labute approximate surface area is 177 Å². The van der Waals surface area contributed by atoms with Gasteiger partial charge < -0.3 is 15.4 Å². The number of anilines is 1. The third kappa shape index (κ3) is 6.33. The summed E-state index contributed by atoms with van der Waals surface area (Å²) in [5.41, 5.74) is 4.07. The average Bonchev–Trinajstić information content (AvgIpc) is 3.26. The maximum atomic E-state index is 12.7. The lowest BCUT2D eigenvalue weighted by atomic mass is 10.2. The lowest BCUT2D eigenvalue weighted by Gasteiger charge is -2.11. The number of thiazole rings is 1. The van der Waals surface area contributed by atoms with E-state index in [0.717, 1.165) is 10.6 Å². The zero-order chi connectivity index (χ0) is 20.5. The van der Waals surface area contributed by atoms with Crippen LogP contribution in [-0.2, 0) is 10.5 Å². The van der Waals surface area contributed by atoms with Gasteiger partial charge in [0, 0.05) is 28.3 Å². The Hall–Kier alpha value is -2.84. The molecular formula is C21H21N3O3S2. The van der Waals surface area contributed by atoms with Gasteiger partial charge in [-0.3, -0.25) is 9.59 Å². The van der Waals surface area contributed by atoms with E-state index in [2.05, 4.69) is 15.6 Å². The van der Waals surface area contributed by atoms with Crippen molar-refractivity contribution in [3.63, 3.8) is 0 Å². The highest BCUT2D eigenvalue weighted by molar-refractivity contribution is 7.98. The molecule has 0 aliphatic rings. The van der Waals surface area contributed by atoms with Crippen molar-refractivity contribution in [2.24, 2.45) is 0 Å². The van der Waals surface area contributed by atoms with Gasteiger partial charge in [-0.05, 0) is 43.3 Å². The Balaban J connectivity index is 1.59. The van der Waals surface area contributed by atoms with E-state index in [1.54, 1.807) is 52.9 Å². The minimum absolute atomic E-state index is 0.0386. The molecular weight excluding hydrogens is 406 g/mol. The third-order valence-corrected chi connectivity index (χ3v) is 5.59. The maximum Gasteiger partial charge on any atom is 0.257 e. The van der Waals surface area contributed by atoms with E-state index in [1.165, 1.54) is 0 Å². The molecule has 8 heteroatoms. The molecule has 6 nitrogen and oxygen atoms in total. The molecule has 0 aliphatic carbocycles. The number of hydrogen-bond donors (Lipinski definition) is 2. The molecule has 0 bridgehead atoms. The Kier molecular flexibility index (Phi) is 7.66. The summed E-state index contributed by atoms with van der Waals surface area (Å²) in [6.45, 7) is 2.38. The molecule has 0 aliphatic heterocycles. The molecule has 0 fully saturated rings. The lowest BCUT2D eigenvalue weighted by molar-refractivity contribution is -0.122. The molecule has 3 aromatic rings. The average molecular weight is 428 g/mol. The van der Waals surface area contributed by atoms with Crippen LogP contribution in [0.1, 0.15) is 23.0 Å². The van der Waals surface area contributed by atoms with Crippen LogP contribution in [0.25, 0.3) is 0 Å². The van der Waals surface area contributed by atoms with Crippen molar-refractivity contribution in [1.29, 1.82) is 0 Å². The van der Waals surface area contributed by atoms with E-state index in [4.69, 9.17) is 4.74 Å². The van der Waals surface area contributed by atoms with Crippen molar-refractivity contribution in [2.45, 2.75) is 17.6 Å². The third-order valence-electron chi connectivity index (χ3n) is 3.85. The van der Waals surface area contributed by atoms with Crippen LogP contribution < -0.4 is 15.4 Å². The second kappa shape index (κ2) is 10.6. The highest BCUT2D eigenvalue weighted by Gasteiger charge is 2.12. The topological polar surface area (TPSA) is 80.3 Å². The molecule has 2 aromatic carbocycles. The molecule has 1 heterocycles. The molecule has 1 aromatic heterocycles. The van der Waals surface area contributed by atoms with Crippen LogP contribution in [0.2, 0.25) is 0 Å². The predicted octanol–water partition coefficient (Wildman–Crippen LogP) is 4.20. The van der Waals surface area contributed by atoms with Crippen LogP contribution in [0, 0.1) is 0 Å². The quantitative estimate of drug-likeness (QED) is 0.500. The Morgan fingerprint density at radius 2 is 1.93 bits per heavy atom. The van der Waals surface area contributed by atoms with Crippen LogP contribution in [-0.4, -0.2) is 29.9 Å². The monoisotopic (exact) mass is 427 g/mol. The van der Waals surface area contributed by atoms with Crippen LogP contribution in [0.4, 0.5) is 5.69 Å². The van der Waals surface area contributed by atoms with Crippen LogP contribution >= 0.6 is 23.1 Å². The predicted molar refractivity (Wildman–Crippen MR) is 117 cm³/mol. The minimum atomic E-state index is -0.178. The van der Waals surface area contributed by atoms with E-state index in [0.29, 0.717) is 29.3 Å². The van der Waals surface area contributed by atoms with Crippen molar-refractivity contribution >= 4 is 40.6 Å². The first kappa shape index (κ1) is 20.9. The van der Waals surface area contributed by atoms with E-state index >= 15 is 0 Å². The van der Waals surface area contributed by atoms with E-state index in [-0.39, 0.29) is 18.4 Å². The fraction of sp³-hybridized carbons (Fsp3) is 0.190. The molecule has 29 heavy (non-hydrogen) atoms. The summed E-state index contributed by atoms with van der Waals surface area (Å²) < 4.78 is 5.42. The lowest BCUT2D eigenvalue weighted by Crippen LogP contribution is -2.28. The number of hydrogen-bond acceptors (Lipinski definition) is 6. The smallest absolute Gasteiger partial charge is 0.257 e. The number of rotatable bonds is 9. The first-order chi connectivity index (χ1) is 14.2. The molecule has 150 valence electrons. The van der Waals surface area contributed by atoms with Crippen molar-refractivity contribution in [3.8, 4) is 5.75 Å². The molecule has 0 radical (unpaired) electrons. The Morgan fingerprint density at radius 3 is 2.66 bits per heavy atom. The van der Waals surface area contributed by atoms with Gasteiger partial charge in [0.1, 0.15) is 5.75 Å². The van der Waals surface area contributed by atoms with Crippen LogP contribution in [0.3, 0.4) is 0 Å². The van der Waals surface area contributed by atoms with Gasteiger partial charge in [-0.25, -0.2) is 4.98 Å². The molecule has 2 N–H and O–H groups in total. The van der Waals surface area contributed by atoms with Crippen molar-refractivity contribution < 1.29 is 14.3 Å². The Morgan fingerprint density at radius 1 is 1.14 bits per heavy atom. The summed E-state index contributed by atoms with van der Waals surface area (Å²) in [4.78, 5) is 29.4. The van der Waals surface area contributed by atoms with Gasteiger partial charge in [-0.15, -0.1) is 23.1 Å². The van der Waals surface area contributed by atoms with E-state index in [1.807, 2.05) is 36.6 Å². The number of likely N-dealkylation sites (N-methyl/N-ethyl adjacent to an activating group) is 1. The SMILES string of the molecule is CCNC(=O)COc1ccc(NC(=O)c2ccccc2SCc2cscn2)cc1. The molecule has 0 atom stereocenters.